The Kier molecular flexibility index (Phi) is 8.41. The van der Waals surface area contributed by atoms with E-state index in [1.165, 1.54) is 80.8 Å². The smallest absolute Gasteiger partial charge is 0.339 e. The topological polar surface area (TPSA) is 178 Å². The summed E-state index contributed by atoms with van der Waals surface area (Å²) in [6.45, 7) is 1.32. The van der Waals surface area contributed by atoms with Gasteiger partial charge in [0.25, 0.3) is 11.6 Å². The molecule has 0 saturated carbocycles. The zero-order chi connectivity index (χ0) is 27.9. The maximum absolute atomic E-state index is 12.7. The highest BCUT2D eigenvalue weighted by atomic mass is 32.2. The van der Waals surface area contributed by atoms with Crippen molar-refractivity contribution < 1.29 is 31.9 Å². The number of anilines is 2. The highest BCUT2D eigenvalue weighted by Crippen LogP contribution is 2.29. The molecule has 0 aliphatic carbocycles. The van der Waals surface area contributed by atoms with E-state index in [0.717, 1.165) is 6.07 Å². The number of nitriles is 1. The van der Waals surface area contributed by atoms with Crippen molar-refractivity contribution in [2.24, 2.45) is 0 Å². The van der Waals surface area contributed by atoms with E-state index in [-0.39, 0.29) is 33.6 Å². The molecule has 3 aromatic carbocycles. The van der Waals surface area contributed by atoms with E-state index in [4.69, 9.17) is 8.92 Å². The molecule has 0 aliphatic heterocycles. The number of methoxy groups -OCH3 is 1. The minimum atomic E-state index is -4.24. The molecule has 0 fully saturated rings. The number of benzene rings is 3. The van der Waals surface area contributed by atoms with Crippen LogP contribution in [0.3, 0.4) is 0 Å². The Hall–Kier alpha value is -5.22. The molecule has 0 atom stereocenters. The molecule has 0 saturated heterocycles. The van der Waals surface area contributed by atoms with Crippen LogP contribution in [0.25, 0.3) is 6.08 Å². The first-order chi connectivity index (χ1) is 18.0. The number of hydrogen-bond donors (Lipinski definition) is 2. The molecule has 0 unspecified atom stereocenters. The average Bonchev–Trinajstić information content (AvgIpc) is 2.87. The molecule has 0 heterocycles. The Morgan fingerprint density at radius 1 is 1.03 bits per heavy atom. The molecule has 0 radical (unpaired) electrons. The van der Waals surface area contributed by atoms with Gasteiger partial charge in [-0.05, 0) is 60.2 Å². The van der Waals surface area contributed by atoms with Gasteiger partial charge in [0, 0.05) is 12.6 Å². The minimum absolute atomic E-state index is 0.0897. The van der Waals surface area contributed by atoms with Gasteiger partial charge in [-0.15, -0.1) is 0 Å². The molecule has 0 bridgehead atoms. The summed E-state index contributed by atoms with van der Waals surface area (Å²) in [5.41, 5.74) is -0.306. The normalized spacial score (nSPS) is 11.1. The third-order valence-corrected chi connectivity index (χ3v) is 6.11. The molecule has 38 heavy (non-hydrogen) atoms. The van der Waals surface area contributed by atoms with Gasteiger partial charge in [0.1, 0.15) is 33.7 Å². The molecular formula is C25H20N4O8S. The fourth-order valence-electron chi connectivity index (χ4n) is 3.14. The number of nitro groups is 1. The lowest BCUT2D eigenvalue weighted by molar-refractivity contribution is -0.384. The Balaban J connectivity index is 1.81. The van der Waals surface area contributed by atoms with Crippen LogP contribution in [-0.4, -0.2) is 32.3 Å². The van der Waals surface area contributed by atoms with Gasteiger partial charge >= 0.3 is 10.1 Å². The second-order valence-electron chi connectivity index (χ2n) is 7.58. The van der Waals surface area contributed by atoms with Crippen LogP contribution in [0.15, 0.2) is 77.2 Å². The molecular weight excluding hydrogens is 516 g/mol. The lowest BCUT2D eigenvalue weighted by Gasteiger charge is -2.09. The largest absolute Gasteiger partial charge is 0.496 e. The molecule has 0 aromatic heterocycles. The second-order valence-corrected chi connectivity index (χ2v) is 9.13. The standard InChI is InChI=1S/C25H20N4O8S/c1-16(30)27-19-6-9-22(10-7-19)38(34,35)37-21-5-3-4-17(13-21)12-18(15-26)25(31)28-23-11-8-20(36-2)14-24(23)29(32)33/h3-14H,1-2H3,(H,27,30)(H,28,31)/b18-12+. The fourth-order valence-corrected chi connectivity index (χ4v) is 4.06. The first-order valence-corrected chi connectivity index (χ1v) is 12.1. The van der Waals surface area contributed by atoms with Gasteiger partial charge in [0.15, 0.2) is 0 Å². The number of nitrogens with zero attached hydrogens (tertiary/aromatic N) is 2. The van der Waals surface area contributed by atoms with Crippen molar-refractivity contribution in [1.82, 2.24) is 0 Å². The van der Waals surface area contributed by atoms with Gasteiger partial charge in [-0.2, -0.15) is 13.7 Å². The van der Waals surface area contributed by atoms with Crippen molar-refractivity contribution in [2.45, 2.75) is 11.8 Å². The second kappa shape index (κ2) is 11.7. The van der Waals surface area contributed by atoms with Crippen molar-refractivity contribution in [2.75, 3.05) is 17.7 Å². The SMILES string of the molecule is COc1ccc(NC(=O)/C(C#N)=C/c2cccc(OS(=O)(=O)c3ccc(NC(C)=O)cc3)c2)c([N+](=O)[O-])c1. The van der Waals surface area contributed by atoms with Crippen molar-refractivity contribution in [3.63, 3.8) is 0 Å². The van der Waals surface area contributed by atoms with Gasteiger partial charge in [-0.3, -0.25) is 19.7 Å². The number of ether oxygens (including phenoxy) is 1. The third kappa shape index (κ3) is 6.93. The first kappa shape index (κ1) is 27.4. The number of rotatable bonds is 9. The van der Waals surface area contributed by atoms with Crippen molar-refractivity contribution in [3.8, 4) is 17.6 Å². The van der Waals surface area contributed by atoms with Crippen molar-refractivity contribution in [1.29, 1.82) is 5.26 Å². The number of hydrogen-bond acceptors (Lipinski definition) is 9. The Labute approximate surface area is 217 Å². The summed E-state index contributed by atoms with van der Waals surface area (Å²) in [7, 11) is -2.90. The number of nitrogens with one attached hydrogen (secondary N) is 2. The van der Waals surface area contributed by atoms with E-state index < -0.39 is 32.2 Å². The Bertz CT molecular complexity index is 1580. The first-order valence-electron chi connectivity index (χ1n) is 10.7. The van der Waals surface area contributed by atoms with Crippen LogP contribution in [0.1, 0.15) is 12.5 Å². The molecule has 2 N–H and O–H groups in total. The van der Waals surface area contributed by atoms with Gasteiger partial charge in [0.2, 0.25) is 5.91 Å². The quantitative estimate of drug-likeness (QED) is 0.135. The van der Waals surface area contributed by atoms with Crippen LogP contribution in [0.2, 0.25) is 0 Å². The van der Waals surface area contributed by atoms with Crippen LogP contribution in [0, 0.1) is 21.4 Å². The van der Waals surface area contributed by atoms with E-state index in [0.29, 0.717) is 5.69 Å². The Morgan fingerprint density at radius 3 is 2.34 bits per heavy atom. The van der Waals surface area contributed by atoms with E-state index >= 15 is 0 Å². The fraction of sp³-hybridized carbons (Fsp3) is 0.0800. The number of nitro benzene ring substituents is 1. The third-order valence-electron chi connectivity index (χ3n) is 4.85. The summed E-state index contributed by atoms with van der Waals surface area (Å²) in [4.78, 5) is 34.3. The highest BCUT2D eigenvalue weighted by molar-refractivity contribution is 7.87. The van der Waals surface area contributed by atoms with E-state index in [1.807, 2.05) is 0 Å². The van der Waals surface area contributed by atoms with Crippen LogP contribution >= 0.6 is 0 Å². The van der Waals surface area contributed by atoms with Gasteiger partial charge in [-0.1, -0.05) is 12.1 Å². The molecule has 0 aliphatic rings. The van der Waals surface area contributed by atoms with Gasteiger partial charge in [-0.25, -0.2) is 0 Å². The molecule has 0 spiro atoms. The van der Waals surface area contributed by atoms with Crippen LogP contribution in [0.5, 0.6) is 11.5 Å². The van der Waals surface area contributed by atoms with Gasteiger partial charge in [0.05, 0.1) is 18.1 Å². The number of carbonyl (C=O) groups is 2. The lowest BCUT2D eigenvalue weighted by Crippen LogP contribution is -2.14. The van der Waals surface area contributed by atoms with E-state index in [1.54, 1.807) is 6.07 Å². The summed E-state index contributed by atoms with van der Waals surface area (Å²) in [6.07, 6.45) is 1.17. The van der Waals surface area contributed by atoms with Crippen LogP contribution in [0.4, 0.5) is 17.1 Å². The van der Waals surface area contributed by atoms with Crippen molar-refractivity contribution >= 4 is 45.1 Å². The number of amides is 2. The van der Waals surface area contributed by atoms with Crippen LogP contribution in [-0.2, 0) is 19.7 Å². The number of carbonyl (C=O) groups excluding carboxylic acids is 2. The predicted molar refractivity (Wildman–Crippen MR) is 137 cm³/mol. The molecule has 3 rings (SSSR count). The monoisotopic (exact) mass is 536 g/mol. The van der Waals surface area contributed by atoms with Crippen molar-refractivity contribution in [3.05, 3.63) is 88.0 Å². The maximum Gasteiger partial charge on any atom is 0.339 e. The molecule has 12 nitrogen and oxygen atoms in total. The zero-order valence-corrected chi connectivity index (χ0v) is 20.8. The minimum Gasteiger partial charge on any atom is -0.496 e. The molecule has 194 valence electrons. The van der Waals surface area contributed by atoms with E-state index in [2.05, 4.69) is 10.6 Å². The molecule has 3 aromatic rings. The van der Waals surface area contributed by atoms with E-state index in [9.17, 15) is 33.4 Å². The maximum atomic E-state index is 12.7. The summed E-state index contributed by atoms with van der Waals surface area (Å²) in [6, 6.07) is 16.5. The lowest BCUT2D eigenvalue weighted by atomic mass is 10.1. The summed E-state index contributed by atoms with van der Waals surface area (Å²) in [5, 5.41) is 25.7. The highest BCUT2D eigenvalue weighted by Gasteiger charge is 2.20. The van der Waals surface area contributed by atoms with Gasteiger partial charge < -0.3 is 19.6 Å². The zero-order valence-electron chi connectivity index (χ0n) is 20.0. The molecule has 13 heteroatoms. The predicted octanol–water partition coefficient (Wildman–Crippen LogP) is 3.88. The Morgan fingerprint density at radius 2 is 1.74 bits per heavy atom. The summed E-state index contributed by atoms with van der Waals surface area (Å²) < 4.78 is 35.5. The molecule has 2 amide bonds. The summed E-state index contributed by atoms with van der Waals surface area (Å²) >= 11 is 0. The van der Waals surface area contributed by atoms with Crippen LogP contribution < -0.4 is 19.6 Å². The average molecular weight is 537 g/mol. The summed E-state index contributed by atoms with van der Waals surface area (Å²) in [5.74, 6) is -1.11.